The molecule has 2 fully saturated rings. The highest BCUT2D eigenvalue weighted by molar-refractivity contribution is 6.07. The number of rotatable bonds is 4. The Morgan fingerprint density at radius 3 is 2.77 bits per heavy atom. The molecule has 22 heavy (non-hydrogen) atoms. The molecule has 0 bridgehead atoms. The van der Waals surface area contributed by atoms with Crippen LogP contribution in [0, 0.1) is 0 Å². The summed E-state index contributed by atoms with van der Waals surface area (Å²) in [5.41, 5.74) is -0.793. The van der Waals surface area contributed by atoms with Crippen molar-refractivity contribution in [3.63, 3.8) is 0 Å². The molecule has 3 amide bonds. The van der Waals surface area contributed by atoms with Crippen molar-refractivity contribution in [1.82, 2.24) is 25.3 Å². The van der Waals surface area contributed by atoms with Crippen molar-refractivity contribution in [2.45, 2.75) is 51.7 Å². The lowest BCUT2D eigenvalue weighted by molar-refractivity contribution is -0.132. The van der Waals surface area contributed by atoms with Gasteiger partial charge in [0.1, 0.15) is 5.54 Å². The standard InChI is InChI=1S/C14H21N5O3/c1-4-11-15-10(17-22-11)7-18-6-5-14(8-18)12(20)19(9(2)3)13(21)16-14/h9H,4-8H2,1-3H3,(H,16,21)/t14-/m1/s1. The minimum absolute atomic E-state index is 0.127. The van der Waals surface area contributed by atoms with E-state index < -0.39 is 5.54 Å². The average Bonchev–Trinajstić information content (AvgIpc) is 3.12. The highest BCUT2D eigenvalue weighted by Gasteiger charge is 2.55. The van der Waals surface area contributed by atoms with Crippen LogP contribution in [-0.4, -0.2) is 56.5 Å². The predicted molar refractivity (Wildman–Crippen MR) is 76.8 cm³/mol. The number of nitrogens with zero attached hydrogens (tertiary/aromatic N) is 4. The third-order valence-electron chi connectivity index (χ3n) is 4.24. The molecule has 2 saturated heterocycles. The summed E-state index contributed by atoms with van der Waals surface area (Å²) in [6.07, 6.45) is 1.31. The highest BCUT2D eigenvalue weighted by Crippen LogP contribution is 2.30. The minimum Gasteiger partial charge on any atom is -0.339 e. The maximum Gasteiger partial charge on any atom is 0.325 e. The predicted octanol–water partition coefficient (Wildman–Crippen LogP) is 0.537. The second kappa shape index (κ2) is 5.35. The van der Waals surface area contributed by atoms with Crippen LogP contribution in [0.25, 0.3) is 0 Å². The summed E-state index contributed by atoms with van der Waals surface area (Å²) < 4.78 is 5.10. The Hall–Kier alpha value is -1.96. The van der Waals surface area contributed by atoms with E-state index >= 15 is 0 Å². The Morgan fingerprint density at radius 1 is 1.41 bits per heavy atom. The van der Waals surface area contributed by atoms with E-state index in [0.717, 1.165) is 0 Å². The van der Waals surface area contributed by atoms with Gasteiger partial charge in [0.05, 0.1) is 6.54 Å². The maximum atomic E-state index is 12.6. The fourth-order valence-corrected chi connectivity index (χ4v) is 3.11. The number of hydrogen-bond acceptors (Lipinski definition) is 6. The molecule has 8 heteroatoms. The Labute approximate surface area is 128 Å². The molecule has 1 aromatic heterocycles. The number of urea groups is 1. The number of aromatic nitrogens is 2. The van der Waals surface area contributed by atoms with Crippen LogP contribution in [0.4, 0.5) is 4.79 Å². The summed E-state index contributed by atoms with van der Waals surface area (Å²) in [6, 6.07) is -0.431. The van der Waals surface area contributed by atoms with Gasteiger partial charge in [-0.05, 0) is 20.3 Å². The second-order valence-electron chi connectivity index (χ2n) is 6.20. The van der Waals surface area contributed by atoms with Gasteiger partial charge >= 0.3 is 6.03 Å². The lowest BCUT2D eigenvalue weighted by Crippen LogP contribution is -2.49. The lowest BCUT2D eigenvalue weighted by Gasteiger charge is -2.22. The van der Waals surface area contributed by atoms with Gasteiger partial charge in [-0.25, -0.2) is 4.79 Å². The molecule has 0 radical (unpaired) electrons. The van der Waals surface area contributed by atoms with Crippen LogP contribution in [0.3, 0.4) is 0 Å². The lowest BCUT2D eigenvalue weighted by atomic mass is 9.99. The SMILES string of the molecule is CCc1nc(CN2CC[C@]3(C2)NC(=O)N(C(C)C)C3=O)no1. The maximum absolute atomic E-state index is 12.6. The third kappa shape index (κ3) is 2.37. The largest absolute Gasteiger partial charge is 0.339 e. The molecule has 2 aliphatic rings. The molecule has 0 aliphatic carbocycles. The number of carbonyl (C=O) groups excluding carboxylic acids is 2. The van der Waals surface area contributed by atoms with Crippen LogP contribution >= 0.6 is 0 Å². The van der Waals surface area contributed by atoms with Crippen LogP contribution in [0.5, 0.6) is 0 Å². The van der Waals surface area contributed by atoms with Crippen molar-refractivity contribution in [1.29, 1.82) is 0 Å². The second-order valence-corrected chi connectivity index (χ2v) is 6.20. The van der Waals surface area contributed by atoms with Crippen molar-refractivity contribution in [2.75, 3.05) is 13.1 Å². The fraction of sp³-hybridized carbons (Fsp3) is 0.714. The van der Waals surface area contributed by atoms with Crippen molar-refractivity contribution < 1.29 is 14.1 Å². The van der Waals surface area contributed by atoms with E-state index in [2.05, 4.69) is 20.4 Å². The van der Waals surface area contributed by atoms with Gasteiger partial charge in [-0.15, -0.1) is 0 Å². The topological polar surface area (TPSA) is 91.6 Å². The van der Waals surface area contributed by atoms with E-state index in [1.807, 2.05) is 20.8 Å². The summed E-state index contributed by atoms with van der Waals surface area (Å²) >= 11 is 0. The minimum atomic E-state index is -0.793. The van der Waals surface area contributed by atoms with Crippen LogP contribution < -0.4 is 5.32 Å². The molecule has 8 nitrogen and oxygen atoms in total. The van der Waals surface area contributed by atoms with E-state index in [1.54, 1.807) is 0 Å². The third-order valence-corrected chi connectivity index (χ3v) is 4.24. The van der Waals surface area contributed by atoms with E-state index in [-0.39, 0.29) is 18.0 Å². The van der Waals surface area contributed by atoms with Gasteiger partial charge in [0.2, 0.25) is 5.89 Å². The summed E-state index contributed by atoms with van der Waals surface area (Å²) in [5.74, 6) is 1.10. The molecule has 1 atom stereocenters. The molecule has 1 N–H and O–H groups in total. The van der Waals surface area contributed by atoms with Crippen molar-refractivity contribution in [3.8, 4) is 0 Å². The Kier molecular flexibility index (Phi) is 3.64. The van der Waals surface area contributed by atoms with Gasteiger partial charge in [0.15, 0.2) is 5.82 Å². The van der Waals surface area contributed by atoms with Gasteiger partial charge in [0, 0.05) is 25.6 Å². The first-order valence-corrected chi connectivity index (χ1v) is 7.65. The molecular formula is C14H21N5O3. The summed E-state index contributed by atoms with van der Waals surface area (Å²) in [4.78, 5) is 32.3. The van der Waals surface area contributed by atoms with E-state index in [9.17, 15) is 9.59 Å². The molecule has 0 saturated carbocycles. The van der Waals surface area contributed by atoms with Gasteiger partial charge in [-0.3, -0.25) is 14.6 Å². The monoisotopic (exact) mass is 307 g/mol. The van der Waals surface area contributed by atoms with Gasteiger partial charge < -0.3 is 9.84 Å². The molecule has 0 unspecified atom stereocenters. The molecule has 3 heterocycles. The number of hydrogen-bond donors (Lipinski definition) is 1. The zero-order valence-corrected chi connectivity index (χ0v) is 13.1. The van der Waals surface area contributed by atoms with E-state index in [0.29, 0.717) is 44.2 Å². The first-order valence-electron chi connectivity index (χ1n) is 7.65. The van der Waals surface area contributed by atoms with Gasteiger partial charge in [-0.2, -0.15) is 4.98 Å². The summed E-state index contributed by atoms with van der Waals surface area (Å²) in [6.45, 7) is 7.36. The smallest absolute Gasteiger partial charge is 0.325 e. The first kappa shape index (κ1) is 15.0. The van der Waals surface area contributed by atoms with Crippen molar-refractivity contribution >= 4 is 11.9 Å². The number of imide groups is 1. The Morgan fingerprint density at radius 2 is 2.18 bits per heavy atom. The molecular weight excluding hydrogens is 286 g/mol. The van der Waals surface area contributed by atoms with Crippen LogP contribution in [0.2, 0.25) is 0 Å². The number of carbonyl (C=O) groups is 2. The molecule has 3 rings (SSSR count). The zero-order valence-electron chi connectivity index (χ0n) is 13.1. The highest BCUT2D eigenvalue weighted by atomic mass is 16.5. The number of amides is 3. The quantitative estimate of drug-likeness (QED) is 0.816. The molecule has 1 aromatic rings. The molecule has 1 spiro atoms. The first-order chi connectivity index (χ1) is 10.4. The number of nitrogens with one attached hydrogen (secondary N) is 1. The molecule has 0 aromatic carbocycles. The number of likely N-dealkylation sites (tertiary alicyclic amines) is 1. The molecule has 120 valence electrons. The van der Waals surface area contributed by atoms with Crippen LogP contribution in [-0.2, 0) is 17.8 Å². The van der Waals surface area contributed by atoms with E-state index in [1.165, 1.54) is 4.90 Å². The summed E-state index contributed by atoms with van der Waals surface area (Å²) in [7, 11) is 0. The Bertz CT molecular complexity index is 599. The normalized spacial score (nSPS) is 25.7. The fourth-order valence-electron chi connectivity index (χ4n) is 3.11. The van der Waals surface area contributed by atoms with Gasteiger partial charge in [-0.1, -0.05) is 12.1 Å². The zero-order chi connectivity index (χ0) is 15.9. The van der Waals surface area contributed by atoms with Crippen LogP contribution in [0.15, 0.2) is 4.52 Å². The Balaban J connectivity index is 1.69. The van der Waals surface area contributed by atoms with Crippen molar-refractivity contribution in [2.24, 2.45) is 0 Å². The average molecular weight is 307 g/mol. The van der Waals surface area contributed by atoms with Crippen molar-refractivity contribution in [3.05, 3.63) is 11.7 Å². The van der Waals surface area contributed by atoms with E-state index in [4.69, 9.17) is 4.52 Å². The van der Waals surface area contributed by atoms with Crippen LogP contribution in [0.1, 0.15) is 38.9 Å². The number of aryl methyl sites for hydroxylation is 1. The molecule has 2 aliphatic heterocycles. The summed E-state index contributed by atoms with van der Waals surface area (Å²) in [5, 5.41) is 6.81. The van der Waals surface area contributed by atoms with Gasteiger partial charge in [0.25, 0.3) is 5.91 Å².